The maximum Gasteiger partial charge on any atom is 0.314 e. The number of carbonyl (C=O) groups excluding carboxylic acids is 1. The van der Waals surface area contributed by atoms with Gasteiger partial charge in [0.15, 0.2) is 0 Å². The molecule has 100 valence electrons. The molecule has 3 N–H and O–H groups in total. The van der Waals surface area contributed by atoms with Gasteiger partial charge in [0.1, 0.15) is 0 Å². The van der Waals surface area contributed by atoms with E-state index in [4.69, 9.17) is 5.11 Å². The summed E-state index contributed by atoms with van der Waals surface area (Å²) < 4.78 is 0. The van der Waals surface area contributed by atoms with Crippen LogP contribution >= 0.6 is 0 Å². The Labute approximate surface area is 103 Å². The van der Waals surface area contributed by atoms with Gasteiger partial charge in [-0.15, -0.1) is 0 Å². The smallest absolute Gasteiger partial charge is 0.314 e. The first-order valence-electron chi connectivity index (χ1n) is 6.18. The fourth-order valence-electron chi connectivity index (χ4n) is 1.40. The molecule has 0 aromatic carbocycles. The summed E-state index contributed by atoms with van der Waals surface area (Å²) in [6, 6.07) is -0.331. The standard InChI is InChI=1S/C12H24N2O3/c1-9(2)5-4-8-13-12(17)14-10(3)6-7-11(15)16/h9-10H,4-8H2,1-3H3,(H,15,16)(H2,13,14,17). The Kier molecular flexibility index (Phi) is 8.19. The Hall–Kier alpha value is -1.26. The van der Waals surface area contributed by atoms with Crippen molar-refractivity contribution in [2.75, 3.05) is 6.54 Å². The van der Waals surface area contributed by atoms with Crippen molar-refractivity contribution in [2.45, 2.75) is 52.5 Å². The van der Waals surface area contributed by atoms with E-state index in [-0.39, 0.29) is 18.5 Å². The molecule has 0 aromatic heterocycles. The van der Waals surface area contributed by atoms with E-state index in [1.54, 1.807) is 6.92 Å². The number of rotatable bonds is 8. The Morgan fingerprint density at radius 2 is 1.82 bits per heavy atom. The van der Waals surface area contributed by atoms with Gasteiger partial charge in [-0.05, 0) is 32.1 Å². The number of hydrogen-bond donors (Lipinski definition) is 3. The SMILES string of the molecule is CC(C)CCCNC(=O)NC(C)CCC(=O)O. The van der Waals surface area contributed by atoms with Gasteiger partial charge in [0.2, 0.25) is 0 Å². The van der Waals surface area contributed by atoms with Gasteiger partial charge in [-0.25, -0.2) is 4.79 Å². The van der Waals surface area contributed by atoms with Gasteiger partial charge in [0.05, 0.1) is 0 Å². The second-order valence-electron chi connectivity index (χ2n) is 4.77. The van der Waals surface area contributed by atoms with Crippen molar-refractivity contribution in [3.05, 3.63) is 0 Å². The molecule has 17 heavy (non-hydrogen) atoms. The fraction of sp³-hybridized carbons (Fsp3) is 0.833. The lowest BCUT2D eigenvalue weighted by atomic mass is 10.1. The highest BCUT2D eigenvalue weighted by atomic mass is 16.4. The summed E-state index contributed by atoms with van der Waals surface area (Å²) in [5.74, 6) is -0.189. The van der Waals surface area contributed by atoms with Gasteiger partial charge in [0, 0.05) is 19.0 Å². The first kappa shape index (κ1) is 15.7. The fourth-order valence-corrected chi connectivity index (χ4v) is 1.40. The zero-order chi connectivity index (χ0) is 13.3. The summed E-state index contributed by atoms with van der Waals surface area (Å²) in [6.45, 7) is 6.76. The molecule has 0 rings (SSSR count). The van der Waals surface area contributed by atoms with Gasteiger partial charge < -0.3 is 15.7 Å². The van der Waals surface area contributed by atoms with E-state index in [9.17, 15) is 9.59 Å². The molecule has 0 radical (unpaired) electrons. The zero-order valence-corrected chi connectivity index (χ0v) is 11.0. The number of carboxylic acid groups (broad SMARTS) is 1. The third kappa shape index (κ3) is 11.0. The number of carboxylic acids is 1. The van der Waals surface area contributed by atoms with Crippen molar-refractivity contribution in [1.82, 2.24) is 10.6 Å². The third-order valence-electron chi connectivity index (χ3n) is 2.41. The second kappa shape index (κ2) is 8.84. The minimum Gasteiger partial charge on any atom is -0.481 e. The molecule has 0 spiro atoms. The Morgan fingerprint density at radius 1 is 1.18 bits per heavy atom. The average Bonchev–Trinajstić information content (AvgIpc) is 2.21. The summed E-state index contributed by atoms with van der Waals surface area (Å²) in [6.07, 6.45) is 2.59. The van der Waals surface area contributed by atoms with Gasteiger partial charge in [-0.1, -0.05) is 13.8 Å². The molecule has 0 aliphatic carbocycles. The zero-order valence-electron chi connectivity index (χ0n) is 11.0. The molecular weight excluding hydrogens is 220 g/mol. The van der Waals surface area contributed by atoms with Crippen LogP contribution in [0.5, 0.6) is 0 Å². The highest BCUT2D eigenvalue weighted by molar-refractivity contribution is 5.74. The lowest BCUT2D eigenvalue weighted by Gasteiger charge is -2.13. The molecule has 0 fully saturated rings. The van der Waals surface area contributed by atoms with Crippen molar-refractivity contribution in [1.29, 1.82) is 0 Å². The van der Waals surface area contributed by atoms with Gasteiger partial charge in [-0.3, -0.25) is 4.79 Å². The second-order valence-corrected chi connectivity index (χ2v) is 4.77. The third-order valence-corrected chi connectivity index (χ3v) is 2.41. The van der Waals surface area contributed by atoms with Crippen LogP contribution < -0.4 is 10.6 Å². The quantitative estimate of drug-likeness (QED) is 0.571. The summed E-state index contributed by atoms with van der Waals surface area (Å²) in [5.41, 5.74) is 0. The van der Waals surface area contributed by atoms with Gasteiger partial charge >= 0.3 is 12.0 Å². The summed E-state index contributed by atoms with van der Waals surface area (Å²) >= 11 is 0. The molecule has 0 saturated heterocycles. The number of aliphatic carboxylic acids is 1. The molecule has 0 heterocycles. The van der Waals surface area contributed by atoms with E-state index in [0.717, 1.165) is 12.8 Å². The minimum absolute atomic E-state index is 0.0782. The Bertz CT molecular complexity index is 242. The molecule has 1 atom stereocenters. The number of urea groups is 1. The van der Waals surface area contributed by atoms with Gasteiger partial charge in [0.25, 0.3) is 0 Å². The molecule has 5 nitrogen and oxygen atoms in total. The van der Waals surface area contributed by atoms with E-state index in [2.05, 4.69) is 24.5 Å². The lowest BCUT2D eigenvalue weighted by molar-refractivity contribution is -0.137. The molecule has 0 bridgehead atoms. The normalized spacial score (nSPS) is 12.2. The van der Waals surface area contributed by atoms with Crippen LogP contribution in [0.25, 0.3) is 0 Å². The number of hydrogen-bond acceptors (Lipinski definition) is 2. The molecule has 0 aromatic rings. The predicted molar refractivity (Wildman–Crippen MR) is 66.9 cm³/mol. The van der Waals surface area contributed by atoms with Crippen LogP contribution in [0.3, 0.4) is 0 Å². The van der Waals surface area contributed by atoms with Crippen molar-refractivity contribution in [3.63, 3.8) is 0 Å². The molecule has 1 unspecified atom stereocenters. The molecule has 0 aliphatic rings. The highest BCUT2D eigenvalue weighted by Crippen LogP contribution is 2.01. The lowest BCUT2D eigenvalue weighted by Crippen LogP contribution is -2.41. The van der Waals surface area contributed by atoms with Crippen LogP contribution in [0.15, 0.2) is 0 Å². The van der Waals surface area contributed by atoms with Gasteiger partial charge in [-0.2, -0.15) is 0 Å². The van der Waals surface area contributed by atoms with Crippen LogP contribution in [0.2, 0.25) is 0 Å². The van der Waals surface area contributed by atoms with Crippen molar-refractivity contribution >= 4 is 12.0 Å². The topological polar surface area (TPSA) is 78.4 Å². The maximum absolute atomic E-state index is 11.4. The molecule has 0 aliphatic heterocycles. The van der Waals surface area contributed by atoms with E-state index in [0.29, 0.717) is 18.9 Å². The first-order chi connectivity index (χ1) is 7.91. The van der Waals surface area contributed by atoms with Crippen LogP contribution in [0, 0.1) is 5.92 Å². The van der Waals surface area contributed by atoms with E-state index < -0.39 is 5.97 Å². The summed E-state index contributed by atoms with van der Waals surface area (Å²) in [5, 5.41) is 14.0. The molecule has 0 saturated carbocycles. The molecular formula is C12H24N2O3. The molecule has 5 heteroatoms. The number of amides is 2. The predicted octanol–water partition coefficient (Wildman–Crippen LogP) is 1.98. The summed E-state index contributed by atoms with van der Waals surface area (Å²) in [4.78, 5) is 21.7. The maximum atomic E-state index is 11.4. The highest BCUT2D eigenvalue weighted by Gasteiger charge is 2.08. The molecule has 2 amide bonds. The van der Waals surface area contributed by atoms with Crippen LogP contribution in [-0.4, -0.2) is 29.7 Å². The van der Waals surface area contributed by atoms with E-state index in [1.807, 2.05) is 0 Å². The average molecular weight is 244 g/mol. The number of carbonyl (C=O) groups is 2. The largest absolute Gasteiger partial charge is 0.481 e. The van der Waals surface area contributed by atoms with E-state index in [1.165, 1.54) is 0 Å². The van der Waals surface area contributed by atoms with Crippen LogP contribution in [0.4, 0.5) is 4.79 Å². The first-order valence-corrected chi connectivity index (χ1v) is 6.18. The van der Waals surface area contributed by atoms with E-state index >= 15 is 0 Å². The van der Waals surface area contributed by atoms with Crippen molar-refractivity contribution in [2.24, 2.45) is 5.92 Å². The van der Waals surface area contributed by atoms with Crippen molar-refractivity contribution < 1.29 is 14.7 Å². The Morgan fingerprint density at radius 3 is 2.35 bits per heavy atom. The van der Waals surface area contributed by atoms with Crippen LogP contribution in [-0.2, 0) is 4.79 Å². The summed E-state index contributed by atoms with van der Waals surface area (Å²) in [7, 11) is 0. The Balaban J connectivity index is 3.53. The number of nitrogens with one attached hydrogen (secondary N) is 2. The van der Waals surface area contributed by atoms with Crippen molar-refractivity contribution in [3.8, 4) is 0 Å². The monoisotopic (exact) mass is 244 g/mol. The minimum atomic E-state index is -0.837. The van der Waals surface area contributed by atoms with Crippen LogP contribution in [0.1, 0.15) is 46.5 Å².